The van der Waals surface area contributed by atoms with E-state index in [4.69, 9.17) is 14.2 Å². The van der Waals surface area contributed by atoms with Crippen molar-refractivity contribution >= 4 is 11.9 Å². The first kappa shape index (κ1) is 15.3. The molecule has 0 bridgehead atoms. The molecular formula is C17H22O5. The predicted molar refractivity (Wildman–Crippen MR) is 79.0 cm³/mol. The summed E-state index contributed by atoms with van der Waals surface area (Å²) in [5, 5.41) is 0. The van der Waals surface area contributed by atoms with Crippen molar-refractivity contribution in [3.05, 3.63) is 23.8 Å². The van der Waals surface area contributed by atoms with Crippen LogP contribution in [0.2, 0.25) is 0 Å². The number of carbonyl (C=O) groups excluding carboxylic acids is 2. The maximum absolute atomic E-state index is 12.0. The Labute approximate surface area is 130 Å². The topological polar surface area (TPSA) is 65.1 Å². The smallest absolute Gasteiger partial charge is 0.334 e. The fourth-order valence-corrected chi connectivity index (χ4v) is 3.58. The number of hydrogen-bond acceptors (Lipinski definition) is 5. The lowest BCUT2D eigenvalue weighted by Crippen LogP contribution is -2.35. The van der Waals surface area contributed by atoms with Gasteiger partial charge in [0.15, 0.2) is 0 Å². The van der Waals surface area contributed by atoms with Gasteiger partial charge in [0.1, 0.15) is 12.2 Å². The van der Waals surface area contributed by atoms with Gasteiger partial charge in [-0.15, -0.1) is 0 Å². The third-order valence-corrected chi connectivity index (χ3v) is 4.87. The molecular weight excluding hydrogens is 284 g/mol. The van der Waals surface area contributed by atoms with E-state index in [0.717, 1.165) is 18.4 Å². The van der Waals surface area contributed by atoms with Gasteiger partial charge in [0.2, 0.25) is 0 Å². The Morgan fingerprint density at radius 3 is 2.91 bits per heavy atom. The van der Waals surface area contributed by atoms with Gasteiger partial charge in [0.25, 0.3) is 0 Å². The molecule has 3 rings (SSSR count). The van der Waals surface area contributed by atoms with Crippen molar-refractivity contribution < 1.29 is 23.8 Å². The first-order valence-electron chi connectivity index (χ1n) is 7.72. The van der Waals surface area contributed by atoms with E-state index >= 15 is 0 Å². The zero-order valence-electron chi connectivity index (χ0n) is 13.3. The number of rotatable bonds is 1. The Morgan fingerprint density at radius 2 is 2.23 bits per heavy atom. The van der Waals surface area contributed by atoms with Crippen molar-refractivity contribution in [1.82, 2.24) is 0 Å². The zero-order valence-corrected chi connectivity index (χ0v) is 13.3. The van der Waals surface area contributed by atoms with E-state index < -0.39 is 12.1 Å². The van der Waals surface area contributed by atoms with Crippen molar-refractivity contribution in [1.29, 1.82) is 0 Å². The molecule has 5 nitrogen and oxygen atoms in total. The van der Waals surface area contributed by atoms with Gasteiger partial charge < -0.3 is 14.2 Å². The molecule has 2 aliphatic heterocycles. The highest BCUT2D eigenvalue weighted by Gasteiger charge is 2.57. The van der Waals surface area contributed by atoms with Crippen LogP contribution < -0.4 is 0 Å². The highest BCUT2D eigenvalue weighted by molar-refractivity contribution is 5.91. The molecule has 120 valence electrons. The summed E-state index contributed by atoms with van der Waals surface area (Å²) in [6.07, 6.45) is 3.68. The maximum atomic E-state index is 12.0. The van der Waals surface area contributed by atoms with Gasteiger partial charge in [-0.25, -0.2) is 4.79 Å². The molecule has 5 heteroatoms. The Morgan fingerprint density at radius 1 is 1.50 bits per heavy atom. The highest BCUT2D eigenvalue weighted by Crippen LogP contribution is 2.48. The summed E-state index contributed by atoms with van der Waals surface area (Å²) in [4.78, 5) is 23.4. The largest absolute Gasteiger partial charge is 0.458 e. The Bertz CT molecular complexity index is 563. The highest BCUT2D eigenvalue weighted by atomic mass is 16.6. The van der Waals surface area contributed by atoms with Gasteiger partial charge >= 0.3 is 11.9 Å². The SMILES string of the molecule is C=C1C(=O)O[C@@H]2C[C@@]3(C)O[C@H]3CC/C(C)=C\[C@@H](OC(C)=O)[C@@H]12. The first-order valence-corrected chi connectivity index (χ1v) is 7.72. The van der Waals surface area contributed by atoms with Crippen LogP contribution in [0.1, 0.15) is 40.0 Å². The third kappa shape index (κ3) is 2.70. The fourth-order valence-electron chi connectivity index (χ4n) is 3.58. The van der Waals surface area contributed by atoms with Gasteiger partial charge in [-0.05, 0) is 32.8 Å². The number of epoxide rings is 1. The molecule has 0 unspecified atom stereocenters. The quantitative estimate of drug-likeness (QED) is 0.322. The fraction of sp³-hybridized carbons (Fsp3) is 0.647. The van der Waals surface area contributed by atoms with E-state index in [1.54, 1.807) is 0 Å². The third-order valence-electron chi connectivity index (χ3n) is 4.87. The zero-order chi connectivity index (χ0) is 16.1. The van der Waals surface area contributed by atoms with Gasteiger partial charge in [0, 0.05) is 18.9 Å². The summed E-state index contributed by atoms with van der Waals surface area (Å²) in [5.74, 6) is -1.12. The number of ether oxygens (including phenoxy) is 3. The summed E-state index contributed by atoms with van der Waals surface area (Å²) in [7, 11) is 0. The summed E-state index contributed by atoms with van der Waals surface area (Å²) < 4.78 is 16.8. The molecule has 0 N–H and O–H groups in total. The van der Waals surface area contributed by atoms with Crippen LogP contribution in [0.5, 0.6) is 0 Å². The minimum absolute atomic E-state index is 0.203. The molecule has 3 aliphatic rings. The lowest BCUT2D eigenvalue weighted by molar-refractivity contribution is -0.147. The van der Waals surface area contributed by atoms with Crippen LogP contribution in [-0.4, -0.2) is 35.9 Å². The molecule has 0 spiro atoms. The molecule has 2 saturated heterocycles. The molecule has 0 aromatic carbocycles. The van der Waals surface area contributed by atoms with Crippen LogP contribution >= 0.6 is 0 Å². The monoisotopic (exact) mass is 306 g/mol. The number of carbonyl (C=O) groups is 2. The second-order valence-electron chi connectivity index (χ2n) is 6.74. The van der Waals surface area contributed by atoms with Gasteiger partial charge in [0.05, 0.1) is 17.6 Å². The molecule has 5 atom stereocenters. The van der Waals surface area contributed by atoms with Crippen molar-refractivity contribution in [2.45, 2.75) is 63.9 Å². The van der Waals surface area contributed by atoms with Crippen molar-refractivity contribution in [2.24, 2.45) is 5.92 Å². The molecule has 2 heterocycles. The molecule has 0 aromatic heterocycles. The van der Waals surface area contributed by atoms with Crippen LogP contribution in [0.25, 0.3) is 0 Å². The molecule has 22 heavy (non-hydrogen) atoms. The van der Waals surface area contributed by atoms with Crippen LogP contribution in [0, 0.1) is 5.92 Å². The summed E-state index contributed by atoms with van der Waals surface area (Å²) >= 11 is 0. The molecule has 1 aliphatic carbocycles. The van der Waals surface area contributed by atoms with E-state index in [9.17, 15) is 9.59 Å². The van der Waals surface area contributed by atoms with Crippen molar-refractivity contribution in [2.75, 3.05) is 0 Å². The van der Waals surface area contributed by atoms with Crippen molar-refractivity contribution in [3.8, 4) is 0 Å². The van der Waals surface area contributed by atoms with Gasteiger partial charge in [-0.3, -0.25) is 4.79 Å². The number of fused-ring (bicyclic) bond motifs is 2. The number of hydrogen-bond donors (Lipinski definition) is 0. The van der Waals surface area contributed by atoms with Crippen LogP contribution in [0.15, 0.2) is 23.8 Å². The standard InChI is InChI=1S/C17H22O5/c1-9-5-6-14-17(4,22-14)8-13-15(10(2)16(19)21-13)12(7-9)20-11(3)18/h7,12-15H,2,5-6,8H2,1,3-4H3/b9-7-/t12-,13-,14+,15-,17-/m1/s1. The Balaban J connectivity index is 1.95. The Hall–Kier alpha value is -1.62. The number of esters is 2. The van der Waals surface area contributed by atoms with E-state index in [0.29, 0.717) is 12.0 Å². The average molecular weight is 306 g/mol. The summed E-state index contributed by atoms with van der Waals surface area (Å²) in [6.45, 7) is 9.28. The average Bonchev–Trinajstić information content (AvgIpc) is 2.96. The molecule has 0 amide bonds. The van der Waals surface area contributed by atoms with E-state index in [2.05, 4.69) is 6.58 Å². The second kappa shape index (κ2) is 5.23. The van der Waals surface area contributed by atoms with Crippen LogP contribution in [-0.2, 0) is 23.8 Å². The van der Waals surface area contributed by atoms with Crippen LogP contribution in [0.4, 0.5) is 0 Å². The molecule has 0 aromatic rings. The summed E-state index contributed by atoms with van der Waals surface area (Å²) in [6, 6.07) is 0. The van der Waals surface area contributed by atoms with E-state index in [1.807, 2.05) is 19.9 Å². The van der Waals surface area contributed by atoms with Gasteiger partial charge in [-0.1, -0.05) is 12.2 Å². The number of allylic oxidation sites excluding steroid dienone is 1. The predicted octanol–water partition coefficient (Wildman–Crippen LogP) is 2.30. The van der Waals surface area contributed by atoms with E-state index in [1.165, 1.54) is 6.92 Å². The minimum atomic E-state index is -0.514. The first-order chi connectivity index (χ1) is 10.3. The van der Waals surface area contributed by atoms with Crippen LogP contribution in [0.3, 0.4) is 0 Å². The Kier molecular flexibility index (Phi) is 3.63. The lowest BCUT2D eigenvalue weighted by atomic mass is 9.83. The minimum Gasteiger partial charge on any atom is -0.458 e. The van der Waals surface area contributed by atoms with Crippen molar-refractivity contribution in [3.63, 3.8) is 0 Å². The van der Waals surface area contributed by atoms with Gasteiger partial charge in [-0.2, -0.15) is 0 Å². The second-order valence-corrected chi connectivity index (χ2v) is 6.74. The molecule has 2 fully saturated rings. The normalized spacial score (nSPS) is 43.3. The lowest BCUT2D eigenvalue weighted by Gasteiger charge is -2.27. The summed E-state index contributed by atoms with van der Waals surface area (Å²) in [5.41, 5.74) is 1.24. The maximum Gasteiger partial charge on any atom is 0.334 e. The van der Waals surface area contributed by atoms with E-state index in [-0.39, 0.29) is 29.7 Å². The molecule has 0 radical (unpaired) electrons. The molecule has 0 saturated carbocycles.